The summed E-state index contributed by atoms with van der Waals surface area (Å²) in [6.45, 7) is 1.64. The van der Waals surface area contributed by atoms with E-state index in [1.807, 2.05) is 12.1 Å². The number of rotatable bonds is 0. The second-order valence-corrected chi connectivity index (χ2v) is 3.86. The summed E-state index contributed by atoms with van der Waals surface area (Å²) < 4.78 is 0. The molecule has 3 nitrogen and oxygen atoms in total. The van der Waals surface area contributed by atoms with Gasteiger partial charge in [-0.25, -0.2) is 4.98 Å². The van der Waals surface area contributed by atoms with Gasteiger partial charge in [-0.1, -0.05) is 12.1 Å². The third-order valence-electron chi connectivity index (χ3n) is 2.86. The minimum absolute atomic E-state index is 0.201. The van der Waals surface area contributed by atoms with Crippen molar-refractivity contribution in [1.82, 2.24) is 4.98 Å². The molecule has 0 aliphatic heterocycles. The molecule has 0 amide bonds. The minimum Gasteiger partial charge on any atom is -0.512 e. The maximum atomic E-state index is 11.6. The molecule has 0 spiro atoms. The van der Waals surface area contributed by atoms with Crippen LogP contribution < -0.4 is 10.8 Å². The van der Waals surface area contributed by atoms with E-state index < -0.39 is 0 Å². The van der Waals surface area contributed by atoms with Gasteiger partial charge in [-0.3, -0.25) is 4.79 Å². The Labute approximate surface area is 91.0 Å². The molecule has 1 aromatic heterocycles. The quantitative estimate of drug-likeness (QED) is 0.614. The average Bonchev–Trinajstić information content (AvgIpc) is 2.58. The fourth-order valence-electron chi connectivity index (χ4n) is 2.14. The van der Waals surface area contributed by atoms with Gasteiger partial charge in [0.25, 0.3) is 5.56 Å². The first-order chi connectivity index (χ1) is 7.68. The largest absolute Gasteiger partial charge is 0.512 e. The summed E-state index contributed by atoms with van der Waals surface area (Å²) in [6.07, 6.45) is 0. The molecule has 1 heterocycles. The topological polar surface area (TPSA) is 50.2 Å². The zero-order chi connectivity index (χ0) is 11.3. The molecule has 0 atom stereocenters. The van der Waals surface area contributed by atoms with Crippen molar-refractivity contribution in [1.29, 1.82) is 0 Å². The van der Waals surface area contributed by atoms with E-state index in [2.05, 4.69) is 4.98 Å². The van der Waals surface area contributed by atoms with Crippen LogP contribution in [0.3, 0.4) is 0 Å². The summed E-state index contributed by atoms with van der Waals surface area (Å²) in [5.41, 5.74) is 0.494. The Morgan fingerprint density at radius 2 is 1.94 bits per heavy atom. The van der Waals surface area contributed by atoms with Crippen molar-refractivity contribution < 1.29 is 5.11 Å². The van der Waals surface area contributed by atoms with Crippen molar-refractivity contribution in [2.45, 2.75) is 6.92 Å². The third-order valence-corrected chi connectivity index (χ3v) is 2.86. The fourth-order valence-corrected chi connectivity index (χ4v) is 2.14. The van der Waals surface area contributed by atoms with E-state index >= 15 is 0 Å². The standard InChI is InChI=1S/C13H9NO2/c1-7(15)8-5-6-11-12-9(8)3-2-4-10(12)13(16)14-11/h2-6,15H,1H3. The van der Waals surface area contributed by atoms with E-state index in [0.717, 1.165) is 16.0 Å². The van der Waals surface area contributed by atoms with Gasteiger partial charge in [-0.15, -0.1) is 0 Å². The van der Waals surface area contributed by atoms with E-state index in [9.17, 15) is 9.90 Å². The molecule has 78 valence electrons. The SMILES string of the molecule is CC(O)=c1ccc2nc(=O)c3cccc1c23. The second kappa shape index (κ2) is 2.92. The lowest BCUT2D eigenvalue weighted by Gasteiger charge is -1.99. The van der Waals surface area contributed by atoms with Gasteiger partial charge in [0.2, 0.25) is 0 Å². The van der Waals surface area contributed by atoms with Crippen LogP contribution in [0.2, 0.25) is 0 Å². The summed E-state index contributed by atoms with van der Waals surface area (Å²) in [6, 6.07) is 9.03. The van der Waals surface area contributed by atoms with Gasteiger partial charge in [0.15, 0.2) is 0 Å². The Hall–Kier alpha value is -2.16. The number of benzene rings is 2. The highest BCUT2D eigenvalue weighted by molar-refractivity contribution is 6.09. The molecule has 1 N–H and O–H groups in total. The van der Waals surface area contributed by atoms with Crippen LogP contribution in [0.4, 0.5) is 0 Å². The normalized spacial score (nSPS) is 13.6. The Balaban J connectivity index is 2.78. The molecule has 3 heteroatoms. The van der Waals surface area contributed by atoms with Crippen molar-refractivity contribution in [3.8, 4) is 0 Å². The van der Waals surface area contributed by atoms with E-state index in [4.69, 9.17) is 0 Å². The first kappa shape index (κ1) is 9.09. The fraction of sp³-hybridized carbons (Fsp3) is 0.0769. The van der Waals surface area contributed by atoms with Crippen molar-refractivity contribution in [3.05, 3.63) is 45.9 Å². The molecular weight excluding hydrogens is 202 g/mol. The third kappa shape index (κ3) is 1.03. The molecule has 0 fully saturated rings. The van der Waals surface area contributed by atoms with E-state index in [0.29, 0.717) is 10.9 Å². The van der Waals surface area contributed by atoms with Crippen LogP contribution in [0.5, 0.6) is 0 Å². The minimum atomic E-state index is -0.201. The molecule has 0 saturated carbocycles. The summed E-state index contributed by atoms with van der Waals surface area (Å²) in [4.78, 5) is 15.6. The molecule has 0 aliphatic rings. The lowest BCUT2D eigenvalue weighted by molar-refractivity contribution is 0.499. The molecule has 16 heavy (non-hydrogen) atoms. The van der Waals surface area contributed by atoms with Crippen molar-refractivity contribution in [2.24, 2.45) is 0 Å². The van der Waals surface area contributed by atoms with Gasteiger partial charge in [-0.05, 0) is 30.5 Å². The van der Waals surface area contributed by atoms with Crippen LogP contribution in [0.25, 0.3) is 27.4 Å². The second-order valence-electron chi connectivity index (χ2n) is 3.86. The molecule has 0 unspecified atom stereocenters. The van der Waals surface area contributed by atoms with Crippen molar-refractivity contribution in [2.75, 3.05) is 0 Å². The maximum Gasteiger partial charge on any atom is 0.278 e. The predicted molar refractivity (Wildman–Crippen MR) is 63.6 cm³/mol. The molecule has 0 aliphatic carbocycles. The zero-order valence-corrected chi connectivity index (χ0v) is 8.69. The van der Waals surface area contributed by atoms with Crippen LogP contribution in [0.15, 0.2) is 35.1 Å². The highest BCUT2D eigenvalue weighted by atomic mass is 16.3. The highest BCUT2D eigenvalue weighted by Crippen LogP contribution is 2.20. The van der Waals surface area contributed by atoms with Gasteiger partial charge < -0.3 is 5.11 Å². The first-order valence-corrected chi connectivity index (χ1v) is 5.03. The number of nitrogens with zero attached hydrogens (tertiary/aromatic N) is 1. The summed E-state index contributed by atoms with van der Waals surface area (Å²) >= 11 is 0. The van der Waals surface area contributed by atoms with Gasteiger partial charge in [0.1, 0.15) is 0 Å². The Bertz CT molecular complexity index is 788. The maximum absolute atomic E-state index is 11.6. The molecule has 2 aromatic carbocycles. The van der Waals surface area contributed by atoms with Crippen molar-refractivity contribution in [3.63, 3.8) is 0 Å². The molecule has 0 saturated heterocycles. The van der Waals surface area contributed by atoms with Gasteiger partial charge in [0, 0.05) is 10.6 Å². The molecule has 3 aromatic rings. The van der Waals surface area contributed by atoms with Crippen molar-refractivity contribution >= 4 is 27.4 Å². The summed E-state index contributed by atoms with van der Waals surface area (Å²) in [7, 11) is 0. The van der Waals surface area contributed by atoms with Gasteiger partial charge >= 0.3 is 0 Å². The Morgan fingerprint density at radius 1 is 1.19 bits per heavy atom. The van der Waals surface area contributed by atoms with Crippen LogP contribution in [0.1, 0.15) is 6.92 Å². The average molecular weight is 211 g/mol. The smallest absolute Gasteiger partial charge is 0.278 e. The lowest BCUT2D eigenvalue weighted by Crippen LogP contribution is -2.05. The van der Waals surface area contributed by atoms with Gasteiger partial charge in [-0.2, -0.15) is 0 Å². The van der Waals surface area contributed by atoms with E-state index in [1.54, 1.807) is 25.1 Å². The number of aliphatic hydroxyl groups excluding tert-OH is 1. The Kier molecular flexibility index (Phi) is 1.66. The van der Waals surface area contributed by atoms with Crippen LogP contribution in [0, 0.1) is 0 Å². The van der Waals surface area contributed by atoms with Crippen LogP contribution in [-0.4, -0.2) is 10.1 Å². The predicted octanol–water partition coefficient (Wildman–Crippen LogP) is 1.59. The Morgan fingerprint density at radius 3 is 2.69 bits per heavy atom. The number of aromatic nitrogens is 1. The van der Waals surface area contributed by atoms with E-state index in [1.165, 1.54) is 0 Å². The van der Waals surface area contributed by atoms with Crippen LogP contribution >= 0.6 is 0 Å². The highest BCUT2D eigenvalue weighted by Gasteiger charge is 2.09. The van der Waals surface area contributed by atoms with Gasteiger partial charge in [0.05, 0.1) is 16.7 Å². The number of aliphatic hydroxyl groups is 1. The monoisotopic (exact) mass is 211 g/mol. The summed E-state index contributed by atoms with van der Waals surface area (Å²) in [5.74, 6) is 0.253. The number of hydrogen-bond acceptors (Lipinski definition) is 3. The molecule has 0 radical (unpaired) electrons. The lowest BCUT2D eigenvalue weighted by atomic mass is 10.0. The first-order valence-electron chi connectivity index (χ1n) is 5.03. The van der Waals surface area contributed by atoms with E-state index in [-0.39, 0.29) is 11.3 Å². The molecule has 0 bridgehead atoms. The molecule has 3 rings (SSSR count). The zero-order valence-electron chi connectivity index (χ0n) is 8.69. The summed E-state index contributed by atoms with van der Waals surface area (Å²) in [5, 5.41) is 12.7. The molecular formula is C13H9NO2. The van der Waals surface area contributed by atoms with Crippen LogP contribution in [-0.2, 0) is 0 Å². The number of hydrogen-bond donors (Lipinski definition) is 1.